The van der Waals surface area contributed by atoms with E-state index in [1.54, 1.807) is 7.11 Å². The summed E-state index contributed by atoms with van der Waals surface area (Å²) in [5.74, 6) is 0. The Labute approximate surface area is 58.0 Å². The summed E-state index contributed by atoms with van der Waals surface area (Å²) < 4.78 is 6.11. The lowest BCUT2D eigenvalue weighted by atomic mass is 10.4. The van der Waals surface area contributed by atoms with E-state index >= 15 is 0 Å². The van der Waals surface area contributed by atoms with Crippen LogP contribution in [-0.4, -0.2) is 38.5 Å². The summed E-state index contributed by atoms with van der Waals surface area (Å²) in [5.41, 5.74) is 0. The fraction of sp³-hybridized carbons (Fsp3) is 1.00. The highest BCUT2D eigenvalue weighted by atomic mass is 16.5. The van der Waals surface area contributed by atoms with E-state index in [0.29, 0.717) is 6.23 Å². The standard InChI is InChI=1S/C7H18NO/c1-6-8(3,4)7(2)9-5/h7H,6H2,1-5H3/q+1. The first kappa shape index (κ1) is 8.92. The SMILES string of the molecule is CC[N+](C)(C)C(C)OC. The van der Waals surface area contributed by atoms with E-state index in [0.717, 1.165) is 11.0 Å². The Morgan fingerprint density at radius 3 is 2.00 bits per heavy atom. The molecule has 2 heteroatoms. The van der Waals surface area contributed by atoms with Gasteiger partial charge < -0.3 is 9.22 Å². The third-order valence-electron chi connectivity index (χ3n) is 2.14. The highest BCUT2D eigenvalue weighted by Gasteiger charge is 2.19. The van der Waals surface area contributed by atoms with E-state index in [2.05, 4.69) is 27.9 Å². The van der Waals surface area contributed by atoms with Gasteiger partial charge in [0.15, 0.2) is 6.23 Å². The summed E-state index contributed by atoms with van der Waals surface area (Å²) in [7, 11) is 6.07. The van der Waals surface area contributed by atoms with Gasteiger partial charge in [-0.25, -0.2) is 0 Å². The van der Waals surface area contributed by atoms with Crippen LogP contribution in [0, 0.1) is 0 Å². The predicted molar refractivity (Wildman–Crippen MR) is 39.1 cm³/mol. The number of methoxy groups -OCH3 is 1. The third-order valence-corrected chi connectivity index (χ3v) is 2.14. The molecule has 56 valence electrons. The molecule has 0 radical (unpaired) electrons. The summed E-state index contributed by atoms with van der Waals surface area (Å²) in [4.78, 5) is 0. The number of ether oxygens (including phenoxy) is 1. The van der Waals surface area contributed by atoms with Gasteiger partial charge in [-0.2, -0.15) is 0 Å². The monoisotopic (exact) mass is 132 g/mol. The molecule has 9 heavy (non-hydrogen) atoms. The van der Waals surface area contributed by atoms with Gasteiger partial charge in [-0.3, -0.25) is 0 Å². The number of hydrogen-bond donors (Lipinski definition) is 0. The zero-order valence-electron chi connectivity index (χ0n) is 7.14. The van der Waals surface area contributed by atoms with E-state index in [1.807, 2.05) is 0 Å². The lowest BCUT2D eigenvalue weighted by molar-refractivity contribution is -0.933. The average molecular weight is 132 g/mol. The van der Waals surface area contributed by atoms with Crippen molar-refractivity contribution in [2.75, 3.05) is 27.7 Å². The minimum absolute atomic E-state index is 0.301. The van der Waals surface area contributed by atoms with Crippen molar-refractivity contribution < 1.29 is 9.22 Å². The Bertz CT molecular complexity index is 81.0. The molecule has 0 saturated heterocycles. The van der Waals surface area contributed by atoms with E-state index in [1.165, 1.54) is 0 Å². The smallest absolute Gasteiger partial charge is 0.189 e. The first-order valence-corrected chi connectivity index (χ1v) is 3.40. The van der Waals surface area contributed by atoms with E-state index in [4.69, 9.17) is 4.74 Å². The molecule has 0 aromatic carbocycles. The van der Waals surface area contributed by atoms with Crippen LogP contribution >= 0.6 is 0 Å². The van der Waals surface area contributed by atoms with Crippen LogP contribution in [0.5, 0.6) is 0 Å². The zero-order chi connectivity index (χ0) is 7.49. The van der Waals surface area contributed by atoms with E-state index in [9.17, 15) is 0 Å². The Morgan fingerprint density at radius 1 is 1.44 bits per heavy atom. The van der Waals surface area contributed by atoms with Gasteiger partial charge in [0.25, 0.3) is 0 Å². The van der Waals surface area contributed by atoms with Crippen molar-refractivity contribution in [2.45, 2.75) is 20.1 Å². The second kappa shape index (κ2) is 3.18. The number of hydrogen-bond acceptors (Lipinski definition) is 1. The van der Waals surface area contributed by atoms with Gasteiger partial charge in [0.2, 0.25) is 0 Å². The fourth-order valence-corrected chi connectivity index (χ4v) is 0.542. The van der Waals surface area contributed by atoms with Crippen LogP contribution in [0.4, 0.5) is 0 Å². The van der Waals surface area contributed by atoms with Gasteiger partial charge in [0.1, 0.15) is 0 Å². The third kappa shape index (κ3) is 2.33. The van der Waals surface area contributed by atoms with Crippen LogP contribution in [-0.2, 0) is 4.74 Å². The van der Waals surface area contributed by atoms with Crippen molar-refractivity contribution in [3.05, 3.63) is 0 Å². The molecule has 0 amide bonds. The first-order valence-electron chi connectivity index (χ1n) is 3.40. The van der Waals surface area contributed by atoms with Gasteiger partial charge in [0.05, 0.1) is 20.6 Å². The number of quaternary nitrogens is 1. The molecule has 0 aromatic heterocycles. The van der Waals surface area contributed by atoms with Crippen LogP contribution in [0.25, 0.3) is 0 Å². The lowest BCUT2D eigenvalue weighted by Gasteiger charge is -2.33. The van der Waals surface area contributed by atoms with Gasteiger partial charge >= 0.3 is 0 Å². The molecule has 0 spiro atoms. The Hall–Kier alpha value is -0.0800. The van der Waals surface area contributed by atoms with Crippen molar-refractivity contribution in [1.82, 2.24) is 0 Å². The minimum Gasteiger partial charge on any atom is -0.333 e. The summed E-state index contributed by atoms with van der Waals surface area (Å²) in [6.07, 6.45) is 0.301. The summed E-state index contributed by atoms with van der Waals surface area (Å²) >= 11 is 0. The van der Waals surface area contributed by atoms with Crippen LogP contribution in [0.2, 0.25) is 0 Å². The van der Waals surface area contributed by atoms with Crippen LogP contribution < -0.4 is 0 Å². The molecule has 0 heterocycles. The molecule has 0 bridgehead atoms. The van der Waals surface area contributed by atoms with E-state index in [-0.39, 0.29) is 0 Å². The Kier molecular flexibility index (Phi) is 3.15. The molecule has 0 saturated carbocycles. The topological polar surface area (TPSA) is 9.23 Å². The second-order valence-electron chi connectivity index (χ2n) is 2.93. The molecule has 0 fully saturated rings. The molecule has 2 nitrogen and oxygen atoms in total. The van der Waals surface area contributed by atoms with Gasteiger partial charge in [-0.05, 0) is 6.92 Å². The van der Waals surface area contributed by atoms with Crippen LogP contribution in [0.3, 0.4) is 0 Å². The molecule has 1 unspecified atom stereocenters. The Balaban J connectivity index is 3.80. The highest BCUT2D eigenvalue weighted by molar-refractivity contribution is 4.29. The molecule has 0 aliphatic rings. The minimum atomic E-state index is 0.301. The van der Waals surface area contributed by atoms with Gasteiger partial charge in [-0.1, -0.05) is 0 Å². The number of nitrogens with zero attached hydrogens (tertiary/aromatic N) is 1. The van der Waals surface area contributed by atoms with Crippen molar-refractivity contribution in [3.63, 3.8) is 0 Å². The molecule has 0 aliphatic heterocycles. The maximum absolute atomic E-state index is 5.18. The van der Waals surface area contributed by atoms with Crippen molar-refractivity contribution in [3.8, 4) is 0 Å². The predicted octanol–water partition coefficient (Wildman–Crippen LogP) is 1.08. The second-order valence-corrected chi connectivity index (χ2v) is 2.93. The zero-order valence-corrected chi connectivity index (χ0v) is 7.14. The fourth-order valence-electron chi connectivity index (χ4n) is 0.542. The molecule has 0 aliphatic carbocycles. The Morgan fingerprint density at radius 2 is 1.89 bits per heavy atom. The van der Waals surface area contributed by atoms with Crippen molar-refractivity contribution in [1.29, 1.82) is 0 Å². The largest absolute Gasteiger partial charge is 0.333 e. The molecule has 1 atom stereocenters. The van der Waals surface area contributed by atoms with E-state index < -0.39 is 0 Å². The summed E-state index contributed by atoms with van der Waals surface area (Å²) in [5, 5.41) is 0. The molecule has 0 N–H and O–H groups in total. The quantitative estimate of drug-likeness (QED) is 0.412. The van der Waals surface area contributed by atoms with Crippen LogP contribution in [0.15, 0.2) is 0 Å². The average Bonchev–Trinajstić information content (AvgIpc) is 1.86. The van der Waals surface area contributed by atoms with Crippen molar-refractivity contribution >= 4 is 0 Å². The normalized spacial score (nSPS) is 15.7. The molecule has 0 rings (SSSR count). The van der Waals surface area contributed by atoms with Gasteiger partial charge in [0, 0.05) is 14.0 Å². The lowest BCUT2D eigenvalue weighted by Crippen LogP contribution is -2.47. The summed E-state index contributed by atoms with van der Waals surface area (Å²) in [6.45, 7) is 5.36. The maximum Gasteiger partial charge on any atom is 0.189 e. The van der Waals surface area contributed by atoms with Crippen molar-refractivity contribution in [2.24, 2.45) is 0 Å². The first-order chi connectivity index (χ1) is 4.04. The molecule has 0 aromatic rings. The molecular formula is C7H18NO+. The maximum atomic E-state index is 5.18. The van der Waals surface area contributed by atoms with Crippen LogP contribution in [0.1, 0.15) is 13.8 Å². The highest BCUT2D eigenvalue weighted by Crippen LogP contribution is 2.04. The summed E-state index contributed by atoms with van der Waals surface area (Å²) in [6, 6.07) is 0. The molecular weight excluding hydrogens is 114 g/mol. The number of rotatable bonds is 3. The van der Waals surface area contributed by atoms with Gasteiger partial charge in [-0.15, -0.1) is 0 Å².